The number of anilines is 2. The molecule has 0 aliphatic carbocycles. The Balaban J connectivity index is 1.69. The Morgan fingerprint density at radius 3 is 2.52 bits per heavy atom. The summed E-state index contributed by atoms with van der Waals surface area (Å²) < 4.78 is 14.4. The van der Waals surface area contributed by atoms with Crippen LogP contribution in [0.1, 0.15) is 38.3 Å². The first-order valence-electron chi connectivity index (χ1n) is 10.3. The van der Waals surface area contributed by atoms with E-state index in [9.17, 15) is 9.50 Å². The molecule has 9 heteroatoms. The van der Waals surface area contributed by atoms with E-state index in [2.05, 4.69) is 38.7 Å². The average molecular weight is 423 g/mol. The number of hydrogen-bond acceptors (Lipinski definition) is 8. The normalized spacial score (nSPS) is 15.5. The third kappa shape index (κ3) is 4.27. The maximum atomic E-state index is 14.4. The molecule has 0 aromatic carbocycles. The summed E-state index contributed by atoms with van der Waals surface area (Å²) in [6.45, 7) is 6.37. The van der Waals surface area contributed by atoms with Crippen LogP contribution < -0.4 is 11.5 Å². The van der Waals surface area contributed by atoms with Gasteiger partial charge in [-0.3, -0.25) is 0 Å². The van der Waals surface area contributed by atoms with Gasteiger partial charge in [-0.1, -0.05) is 0 Å². The SMILES string of the molecule is CC(C)N1CCC(c2cc(-c3nc(-c4ccnc(N)c4F)ccc3O)nc(N)n2)CC1. The molecule has 4 heterocycles. The number of nitrogen functional groups attached to an aromatic ring is 2. The van der Waals surface area contributed by atoms with Gasteiger partial charge in [0.05, 0.1) is 11.4 Å². The molecule has 1 fully saturated rings. The molecule has 162 valence electrons. The number of aromatic nitrogens is 4. The number of pyridine rings is 2. The van der Waals surface area contributed by atoms with Gasteiger partial charge in [-0.05, 0) is 64.0 Å². The predicted octanol–water partition coefficient (Wildman–Crippen LogP) is 3.20. The van der Waals surface area contributed by atoms with Gasteiger partial charge in [0, 0.05) is 29.4 Å². The highest BCUT2D eigenvalue weighted by Gasteiger charge is 2.24. The van der Waals surface area contributed by atoms with Gasteiger partial charge in [0.1, 0.15) is 11.4 Å². The second kappa shape index (κ2) is 8.43. The van der Waals surface area contributed by atoms with Gasteiger partial charge in [0.25, 0.3) is 0 Å². The highest BCUT2D eigenvalue weighted by atomic mass is 19.1. The molecular weight excluding hydrogens is 397 g/mol. The lowest BCUT2D eigenvalue weighted by molar-refractivity contribution is 0.171. The standard InChI is InChI=1S/C22H26FN7O/c1-12(2)30-9-6-13(7-10-30)16-11-17(29-22(25)28-16)20-18(31)4-3-15(27-20)14-5-8-26-21(24)19(14)23/h3-5,8,11-13,31H,6-7,9-10H2,1-2H3,(H2,24,26)(H2,25,28,29). The molecule has 5 N–H and O–H groups in total. The van der Waals surface area contributed by atoms with E-state index in [4.69, 9.17) is 11.5 Å². The summed E-state index contributed by atoms with van der Waals surface area (Å²) in [4.78, 5) is 19.4. The van der Waals surface area contributed by atoms with Crippen LogP contribution in [0.15, 0.2) is 30.5 Å². The Bertz CT molecular complexity index is 1100. The minimum Gasteiger partial charge on any atom is -0.506 e. The predicted molar refractivity (Wildman–Crippen MR) is 118 cm³/mol. The van der Waals surface area contributed by atoms with E-state index in [1.54, 1.807) is 0 Å². The zero-order valence-electron chi connectivity index (χ0n) is 17.6. The number of aromatic hydroxyl groups is 1. The highest BCUT2D eigenvalue weighted by Crippen LogP contribution is 2.34. The molecule has 1 aliphatic heterocycles. The van der Waals surface area contributed by atoms with Crippen molar-refractivity contribution in [3.05, 3.63) is 42.0 Å². The van der Waals surface area contributed by atoms with Gasteiger partial charge in [-0.2, -0.15) is 0 Å². The van der Waals surface area contributed by atoms with Crippen LogP contribution in [0.5, 0.6) is 5.75 Å². The van der Waals surface area contributed by atoms with Crippen molar-refractivity contribution in [2.75, 3.05) is 24.6 Å². The van der Waals surface area contributed by atoms with Crippen LogP contribution in [0, 0.1) is 5.82 Å². The first kappa shape index (κ1) is 20.9. The summed E-state index contributed by atoms with van der Waals surface area (Å²) in [6.07, 6.45) is 3.34. The fraction of sp³-hybridized carbons (Fsp3) is 0.364. The quantitative estimate of drug-likeness (QED) is 0.584. The zero-order chi connectivity index (χ0) is 22.1. The van der Waals surface area contributed by atoms with E-state index in [1.807, 2.05) is 6.07 Å². The van der Waals surface area contributed by atoms with Crippen molar-refractivity contribution in [2.24, 2.45) is 0 Å². The molecule has 0 radical (unpaired) electrons. The molecule has 31 heavy (non-hydrogen) atoms. The Hall–Kier alpha value is -3.33. The maximum absolute atomic E-state index is 14.4. The summed E-state index contributed by atoms with van der Waals surface area (Å²) in [5, 5.41) is 10.4. The molecule has 0 saturated carbocycles. The first-order chi connectivity index (χ1) is 14.8. The van der Waals surface area contributed by atoms with Gasteiger partial charge >= 0.3 is 0 Å². The van der Waals surface area contributed by atoms with Gasteiger partial charge in [-0.25, -0.2) is 24.3 Å². The molecule has 0 spiro atoms. The van der Waals surface area contributed by atoms with Gasteiger partial charge in [-0.15, -0.1) is 0 Å². The van der Waals surface area contributed by atoms with Crippen molar-refractivity contribution in [2.45, 2.75) is 38.6 Å². The molecule has 4 rings (SSSR count). The van der Waals surface area contributed by atoms with Gasteiger partial charge in [0.2, 0.25) is 5.95 Å². The van der Waals surface area contributed by atoms with Crippen molar-refractivity contribution >= 4 is 11.8 Å². The number of nitrogens with two attached hydrogens (primary N) is 2. The van der Waals surface area contributed by atoms with Crippen molar-refractivity contribution in [1.29, 1.82) is 0 Å². The minimum atomic E-state index is -0.661. The van der Waals surface area contributed by atoms with Gasteiger partial charge < -0.3 is 21.5 Å². The van der Waals surface area contributed by atoms with Crippen LogP contribution in [-0.4, -0.2) is 49.1 Å². The van der Waals surface area contributed by atoms with Crippen LogP contribution in [0.2, 0.25) is 0 Å². The Morgan fingerprint density at radius 2 is 1.81 bits per heavy atom. The molecule has 1 saturated heterocycles. The second-order valence-electron chi connectivity index (χ2n) is 8.06. The number of halogens is 1. The Morgan fingerprint density at radius 1 is 1.06 bits per heavy atom. The summed E-state index contributed by atoms with van der Waals surface area (Å²) >= 11 is 0. The van der Waals surface area contributed by atoms with Crippen LogP contribution >= 0.6 is 0 Å². The van der Waals surface area contributed by atoms with Crippen LogP contribution in [0.4, 0.5) is 16.2 Å². The molecule has 3 aromatic rings. The molecule has 0 amide bonds. The number of likely N-dealkylation sites (tertiary alicyclic amines) is 1. The first-order valence-corrected chi connectivity index (χ1v) is 10.3. The molecule has 8 nitrogen and oxygen atoms in total. The second-order valence-corrected chi connectivity index (χ2v) is 8.06. The molecule has 0 bridgehead atoms. The lowest BCUT2D eigenvalue weighted by atomic mass is 9.92. The smallest absolute Gasteiger partial charge is 0.220 e. The van der Waals surface area contributed by atoms with E-state index in [0.717, 1.165) is 31.6 Å². The highest BCUT2D eigenvalue weighted by molar-refractivity contribution is 5.70. The van der Waals surface area contributed by atoms with E-state index >= 15 is 0 Å². The topological polar surface area (TPSA) is 127 Å². The Labute approximate surface area is 180 Å². The maximum Gasteiger partial charge on any atom is 0.220 e. The number of piperidine rings is 1. The van der Waals surface area contributed by atoms with Crippen LogP contribution in [0.25, 0.3) is 22.6 Å². The number of hydrogen-bond donors (Lipinski definition) is 3. The molecule has 1 aliphatic rings. The Kier molecular flexibility index (Phi) is 5.69. The lowest BCUT2D eigenvalue weighted by Crippen LogP contribution is -2.38. The van der Waals surface area contributed by atoms with Gasteiger partial charge in [0.15, 0.2) is 11.6 Å². The lowest BCUT2D eigenvalue weighted by Gasteiger charge is -2.34. The summed E-state index contributed by atoms with van der Waals surface area (Å²) in [5.74, 6) is -0.585. The fourth-order valence-corrected chi connectivity index (χ4v) is 3.98. The van der Waals surface area contributed by atoms with E-state index in [0.29, 0.717) is 17.4 Å². The molecule has 0 atom stereocenters. The van der Waals surface area contributed by atoms with Crippen molar-refractivity contribution in [3.8, 4) is 28.4 Å². The van der Waals surface area contributed by atoms with E-state index in [-0.39, 0.29) is 34.7 Å². The summed E-state index contributed by atoms with van der Waals surface area (Å²) in [5.41, 5.74) is 13.5. The minimum absolute atomic E-state index is 0.0788. The van der Waals surface area contributed by atoms with E-state index in [1.165, 1.54) is 24.4 Å². The average Bonchev–Trinajstić information content (AvgIpc) is 2.76. The monoisotopic (exact) mass is 423 g/mol. The van der Waals surface area contributed by atoms with Crippen molar-refractivity contribution < 1.29 is 9.50 Å². The third-order valence-corrected chi connectivity index (χ3v) is 5.75. The number of nitrogens with zero attached hydrogens (tertiary/aromatic N) is 5. The van der Waals surface area contributed by atoms with Crippen LogP contribution in [-0.2, 0) is 0 Å². The zero-order valence-corrected chi connectivity index (χ0v) is 17.6. The fourth-order valence-electron chi connectivity index (χ4n) is 3.98. The van der Waals surface area contributed by atoms with Crippen LogP contribution in [0.3, 0.4) is 0 Å². The largest absolute Gasteiger partial charge is 0.506 e. The molecule has 0 unspecified atom stereocenters. The van der Waals surface area contributed by atoms with Crippen molar-refractivity contribution in [1.82, 2.24) is 24.8 Å². The molecule has 3 aromatic heterocycles. The number of rotatable bonds is 4. The van der Waals surface area contributed by atoms with Crippen molar-refractivity contribution in [3.63, 3.8) is 0 Å². The molecular formula is C22H26FN7O. The van der Waals surface area contributed by atoms with E-state index < -0.39 is 5.82 Å². The third-order valence-electron chi connectivity index (χ3n) is 5.75. The summed E-state index contributed by atoms with van der Waals surface area (Å²) in [6, 6.07) is 6.78. The summed E-state index contributed by atoms with van der Waals surface area (Å²) in [7, 11) is 0.